The minimum Gasteiger partial charge on any atom is -0.327 e. The molecule has 1 aliphatic carbocycles. The smallest absolute Gasteiger partial charge is 0.170 e. The summed E-state index contributed by atoms with van der Waals surface area (Å²) in [6.45, 7) is 6.42. The number of ketones is 1. The first-order chi connectivity index (χ1) is 8.93. The van der Waals surface area contributed by atoms with Crippen molar-refractivity contribution < 1.29 is 4.79 Å². The number of benzene rings is 1. The summed E-state index contributed by atoms with van der Waals surface area (Å²) in [6.07, 6.45) is 3.97. The minimum absolute atomic E-state index is 0.00811. The van der Waals surface area contributed by atoms with Crippen LogP contribution < -0.4 is 5.73 Å². The van der Waals surface area contributed by atoms with Crippen LogP contribution in [0.15, 0.2) is 24.3 Å². The predicted molar refractivity (Wildman–Crippen MR) is 79.2 cm³/mol. The molecule has 0 aliphatic heterocycles. The van der Waals surface area contributed by atoms with Crippen LogP contribution in [0.5, 0.6) is 0 Å². The number of carbonyl (C=O) groups excluding carboxylic acids is 1. The van der Waals surface area contributed by atoms with Crippen LogP contribution in [0.3, 0.4) is 0 Å². The second kappa shape index (κ2) is 5.46. The molecule has 1 aliphatic rings. The number of Topliss-reactive ketones (excluding diaryl/α,β-unsaturated/α-hetero) is 1. The maximum atomic E-state index is 12.7. The molecule has 0 saturated heterocycles. The summed E-state index contributed by atoms with van der Waals surface area (Å²) in [4.78, 5) is 12.7. The maximum Gasteiger partial charge on any atom is 0.170 e. The second-order valence-corrected chi connectivity index (χ2v) is 6.54. The van der Waals surface area contributed by atoms with Crippen LogP contribution in [0.1, 0.15) is 56.0 Å². The quantitative estimate of drug-likeness (QED) is 0.840. The standard InChI is InChI=1S/C17H25NO/c1-12(2)10-13-6-4-7-14(11-13)16(19)17(3)9-5-8-15(17)18/h4,6-7,11-12,15H,5,8-10,18H2,1-3H3. The second-order valence-electron chi connectivity index (χ2n) is 6.54. The molecule has 2 nitrogen and oxygen atoms in total. The number of rotatable bonds is 4. The Bertz CT molecular complexity index is 466. The average Bonchev–Trinajstić information content (AvgIpc) is 2.69. The van der Waals surface area contributed by atoms with Crippen molar-refractivity contribution in [2.75, 3.05) is 0 Å². The summed E-state index contributed by atoms with van der Waals surface area (Å²) in [6, 6.07) is 8.09. The molecule has 2 atom stereocenters. The van der Waals surface area contributed by atoms with Crippen LogP contribution in [-0.2, 0) is 6.42 Å². The maximum absolute atomic E-state index is 12.7. The molecule has 1 fully saturated rings. The van der Waals surface area contributed by atoms with Crippen LogP contribution in [0.4, 0.5) is 0 Å². The van der Waals surface area contributed by atoms with Gasteiger partial charge in [-0.1, -0.05) is 45.4 Å². The number of hydrogen-bond donors (Lipinski definition) is 1. The molecule has 2 rings (SSSR count). The first-order valence-corrected chi connectivity index (χ1v) is 7.33. The third-order valence-electron chi connectivity index (χ3n) is 4.38. The van der Waals surface area contributed by atoms with Crippen molar-refractivity contribution >= 4 is 5.78 Å². The molecule has 0 radical (unpaired) electrons. The lowest BCUT2D eigenvalue weighted by molar-refractivity contribution is 0.0802. The Morgan fingerprint density at radius 3 is 2.79 bits per heavy atom. The largest absolute Gasteiger partial charge is 0.327 e. The first-order valence-electron chi connectivity index (χ1n) is 7.33. The van der Waals surface area contributed by atoms with Crippen LogP contribution in [0.2, 0.25) is 0 Å². The fourth-order valence-corrected chi connectivity index (χ4v) is 3.12. The van der Waals surface area contributed by atoms with Gasteiger partial charge in [0.15, 0.2) is 5.78 Å². The molecule has 104 valence electrons. The average molecular weight is 259 g/mol. The van der Waals surface area contributed by atoms with E-state index in [9.17, 15) is 4.79 Å². The van der Waals surface area contributed by atoms with Gasteiger partial charge in [0.2, 0.25) is 0 Å². The van der Waals surface area contributed by atoms with E-state index in [-0.39, 0.29) is 17.2 Å². The fourth-order valence-electron chi connectivity index (χ4n) is 3.12. The molecule has 0 aromatic heterocycles. The summed E-state index contributed by atoms with van der Waals surface area (Å²) in [5.74, 6) is 0.831. The van der Waals surface area contributed by atoms with E-state index in [1.165, 1.54) is 5.56 Å². The van der Waals surface area contributed by atoms with Crippen LogP contribution in [0.25, 0.3) is 0 Å². The third kappa shape index (κ3) is 2.89. The van der Waals surface area contributed by atoms with E-state index in [0.717, 1.165) is 31.2 Å². The van der Waals surface area contributed by atoms with Crippen LogP contribution >= 0.6 is 0 Å². The number of hydrogen-bond acceptors (Lipinski definition) is 2. The lowest BCUT2D eigenvalue weighted by atomic mass is 9.77. The molecule has 2 heteroatoms. The van der Waals surface area contributed by atoms with E-state index in [0.29, 0.717) is 5.92 Å². The van der Waals surface area contributed by atoms with Crippen molar-refractivity contribution in [2.45, 2.75) is 52.5 Å². The predicted octanol–water partition coefficient (Wildman–Crippen LogP) is 3.59. The lowest BCUT2D eigenvalue weighted by Crippen LogP contribution is -2.41. The molecule has 1 aromatic rings. The highest BCUT2D eigenvalue weighted by Crippen LogP contribution is 2.39. The molecule has 1 saturated carbocycles. The van der Waals surface area contributed by atoms with Gasteiger partial charge in [-0.25, -0.2) is 0 Å². The van der Waals surface area contributed by atoms with Gasteiger partial charge in [0.05, 0.1) is 0 Å². The van der Waals surface area contributed by atoms with Gasteiger partial charge in [-0.15, -0.1) is 0 Å². The molecule has 2 N–H and O–H groups in total. The zero-order valence-corrected chi connectivity index (χ0v) is 12.3. The lowest BCUT2D eigenvalue weighted by Gasteiger charge is -2.27. The fraction of sp³-hybridized carbons (Fsp3) is 0.588. The summed E-state index contributed by atoms with van der Waals surface area (Å²) in [5.41, 5.74) is 7.86. The third-order valence-corrected chi connectivity index (χ3v) is 4.38. The Morgan fingerprint density at radius 2 is 2.21 bits per heavy atom. The summed E-state index contributed by atoms with van der Waals surface area (Å²) < 4.78 is 0. The number of carbonyl (C=O) groups is 1. The Morgan fingerprint density at radius 1 is 1.47 bits per heavy atom. The van der Waals surface area contributed by atoms with Crippen molar-refractivity contribution in [3.63, 3.8) is 0 Å². The topological polar surface area (TPSA) is 43.1 Å². The monoisotopic (exact) mass is 259 g/mol. The van der Waals surface area contributed by atoms with E-state index in [4.69, 9.17) is 5.73 Å². The van der Waals surface area contributed by atoms with Crippen molar-refractivity contribution in [3.8, 4) is 0 Å². The zero-order valence-electron chi connectivity index (χ0n) is 12.3. The van der Waals surface area contributed by atoms with E-state index >= 15 is 0 Å². The van der Waals surface area contributed by atoms with Gasteiger partial charge in [-0.05, 0) is 36.8 Å². The van der Waals surface area contributed by atoms with E-state index in [2.05, 4.69) is 26.0 Å². The van der Waals surface area contributed by atoms with Crippen molar-refractivity contribution in [1.29, 1.82) is 0 Å². The van der Waals surface area contributed by atoms with Gasteiger partial charge < -0.3 is 5.73 Å². The highest BCUT2D eigenvalue weighted by atomic mass is 16.1. The molecule has 0 amide bonds. The van der Waals surface area contributed by atoms with Gasteiger partial charge in [0.25, 0.3) is 0 Å². The molecule has 19 heavy (non-hydrogen) atoms. The molecule has 2 unspecified atom stereocenters. The van der Waals surface area contributed by atoms with Crippen molar-refractivity contribution in [2.24, 2.45) is 17.1 Å². The molecule has 1 aromatic carbocycles. The van der Waals surface area contributed by atoms with Crippen molar-refractivity contribution in [1.82, 2.24) is 0 Å². The Hall–Kier alpha value is -1.15. The highest BCUT2D eigenvalue weighted by Gasteiger charge is 2.43. The molecule has 0 bridgehead atoms. The van der Waals surface area contributed by atoms with E-state index in [1.54, 1.807) is 0 Å². The van der Waals surface area contributed by atoms with Gasteiger partial charge in [0.1, 0.15) is 0 Å². The van der Waals surface area contributed by atoms with Crippen LogP contribution in [0, 0.1) is 11.3 Å². The molecule has 0 heterocycles. The van der Waals surface area contributed by atoms with Crippen LogP contribution in [-0.4, -0.2) is 11.8 Å². The zero-order chi connectivity index (χ0) is 14.0. The van der Waals surface area contributed by atoms with E-state index in [1.807, 2.05) is 19.1 Å². The minimum atomic E-state index is -0.365. The summed E-state index contributed by atoms with van der Waals surface area (Å²) in [7, 11) is 0. The van der Waals surface area contributed by atoms with Crippen molar-refractivity contribution in [3.05, 3.63) is 35.4 Å². The van der Waals surface area contributed by atoms with Gasteiger partial charge >= 0.3 is 0 Å². The summed E-state index contributed by atoms with van der Waals surface area (Å²) in [5, 5.41) is 0. The SMILES string of the molecule is CC(C)Cc1cccc(C(=O)C2(C)CCCC2N)c1. The highest BCUT2D eigenvalue weighted by molar-refractivity contribution is 6.01. The van der Waals surface area contributed by atoms with Gasteiger partial charge in [-0.2, -0.15) is 0 Å². The van der Waals surface area contributed by atoms with Gasteiger partial charge in [0, 0.05) is 17.0 Å². The van der Waals surface area contributed by atoms with Gasteiger partial charge in [-0.3, -0.25) is 4.79 Å². The number of nitrogens with two attached hydrogens (primary N) is 1. The normalized spacial score (nSPS) is 26.9. The molecular formula is C17H25NO. The molecular weight excluding hydrogens is 234 g/mol. The Kier molecular flexibility index (Phi) is 4.10. The summed E-state index contributed by atoms with van der Waals surface area (Å²) >= 11 is 0. The first kappa shape index (κ1) is 14.3. The Balaban J connectivity index is 2.24. The van der Waals surface area contributed by atoms with E-state index < -0.39 is 0 Å². The Labute approximate surface area is 116 Å². The molecule has 0 spiro atoms.